The summed E-state index contributed by atoms with van der Waals surface area (Å²) in [6, 6.07) is 5.57. The van der Waals surface area contributed by atoms with E-state index in [1.165, 1.54) is 0 Å². The Morgan fingerprint density at radius 1 is 1.35 bits per heavy atom. The van der Waals surface area contributed by atoms with Gasteiger partial charge in [0.05, 0.1) is 23.8 Å². The summed E-state index contributed by atoms with van der Waals surface area (Å²) in [5.74, 6) is 0.752. The molecule has 0 aliphatic heterocycles. The van der Waals surface area contributed by atoms with Crippen LogP contribution in [0.25, 0.3) is 11.0 Å². The normalized spacial score (nSPS) is 10.5. The van der Waals surface area contributed by atoms with Gasteiger partial charge in [-0.15, -0.1) is 6.58 Å². The zero-order chi connectivity index (χ0) is 12.3. The molecule has 0 saturated carbocycles. The largest absolute Gasteiger partial charge is 0.497 e. The van der Waals surface area contributed by atoms with Gasteiger partial charge >= 0.3 is 0 Å². The van der Waals surface area contributed by atoms with Gasteiger partial charge in [-0.25, -0.2) is 9.97 Å². The van der Waals surface area contributed by atoms with Crippen molar-refractivity contribution in [3.05, 3.63) is 41.7 Å². The maximum Gasteiger partial charge on any atom is 0.151 e. The number of aryl methyl sites for hydroxylation is 1. The van der Waals surface area contributed by atoms with Crippen molar-refractivity contribution >= 4 is 22.6 Å². The van der Waals surface area contributed by atoms with Gasteiger partial charge in [-0.3, -0.25) is 0 Å². The molecule has 1 aromatic heterocycles. The maximum absolute atomic E-state index is 6.09. The summed E-state index contributed by atoms with van der Waals surface area (Å²) < 4.78 is 5.13. The molecule has 0 N–H and O–H groups in total. The van der Waals surface area contributed by atoms with E-state index in [4.69, 9.17) is 16.3 Å². The van der Waals surface area contributed by atoms with E-state index in [-0.39, 0.29) is 0 Å². The summed E-state index contributed by atoms with van der Waals surface area (Å²) in [6.07, 6.45) is 3.45. The van der Waals surface area contributed by atoms with Crippen LogP contribution in [0.15, 0.2) is 30.9 Å². The number of hydrogen-bond acceptors (Lipinski definition) is 3. The van der Waals surface area contributed by atoms with Gasteiger partial charge in [-0.1, -0.05) is 17.7 Å². The predicted molar refractivity (Wildman–Crippen MR) is 69.6 cm³/mol. The number of benzene rings is 1. The van der Waals surface area contributed by atoms with E-state index in [0.717, 1.165) is 35.3 Å². The molecule has 88 valence electrons. The average molecular weight is 249 g/mol. The standard InChI is InChI=1S/C13H13ClN2O/c1-3-4-5-11-13(14)16-12-8-9(17-2)6-7-10(12)15-11/h3,6-8H,1,4-5H2,2H3. The Balaban J connectivity index is 2.46. The van der Waals surface area contributed by atoms with Gasteiger partial charge in [0.25, 0.3) is 0 Å². The number of hydrogen-bond donors (Lipinski definition) is 0. The lowest BCUT2D eigenvalue weighted by Gasteiger charge is -2.05. The topological polar surface area (TPSA) is 35.0 Å². The molecular formula is C13H13ClN2O. The highest BCUT2D eigenvalue weighted by molar-refractivity contribution is 6.30. The van der Waals surface area contributed by atoms with Crippen molar-refractivity contribution in [3.63, 3.8) is 0 Å². The summed E-state index contributed by atoms with van der Waals surface area (Å²) in [5, 5.41) is 0.451. The van der Waals surface area contributed by atoms with E-state index >= 15 is 0 Å². The molecule has 0 unspecified atom stereocenters. The van der Waals surface area contributed by atoms with Crippen LogP contribution >= 0.6 is 11.6 Å². The second kappa shape index (κ2) is 5.15. The summed E-state index contributed by atoms with van der Waals surface area (Å²) in [6.45, 7) is 3.68. The Bertz CT molecular complexity index is 554. The first-order chi connectivity index (χ1) is 8.24. The maximum atomic E-state index is 6.09. The second-order valence-corrected chi connectivity index (χ2v) is 4.00. The first-order valence-corrected chi connectivity index (χ1v) is 5.73. The fourth-order valence-electron chi connectivity index (χ4n) is 1.57. The third kappa shape index (κ3) is 2.56. The number of nitrogens with zero attached hydrogens (tertiary/aromatic N) is 2. The van der Waals surface area contributed by atoms with Crippen molar-refractivity contribution in [2.75, 3.05) is 7.11 Å². The van der Waals surface area contributed by atoms with Crippen molar-refractivity contribution < 1.29 is 4.74 Å². The third-order valence-corrected chi connectivity index (χ3v) is 2.78. The zero-order valence-corrected chi connectivity index (χ0v) is 10.4. The molecular weight excluding hydrogens is 236 g/mol. The quantitative estimate of drug-likeness (QED) is 0.778. The molecule has 0 saturated heterocycles. The fraction of sp³-hybridized carbons (Fsp3) is 0.231. The van der Waals surface area contributed by atoms with Crippen LogP contribution in [0.2, 0.25) is 5.15 Å². The van der Waals surface area contributed by atoms with Gasteiger partial charge in [0.1, 0.15) is 5.75 Å². The molecule has 0 spiro atoms. The minimum atomic E-state index is 0.451. The first kappa shape index (κ1) is 11.9. The highest BCUT2D eigenvalue weighted by Crippen LogP contribution is 2.22. The van der Waals surface area contributed by atoms with Gasteiger partial charge in [-0.2, -0.15) is 0 Å². The molecule has 17 heavy (non-hydrogen) atoms. The van der Waals surface area contributed by atoms with Crippen LogP contribution in [-0.2, 0) is 6.42 Å². The van der Waals surface area contributed by atoms with E-state index in [1.54, 1.807) is 7.11 Å². The molecule has 1 aromatic carbocycles. The van der Waals surface area contributed by atoms with Crippen LogP contribution in [0.4, 0.5) is 0 Å². The molecule has 0 radical (unpaired) electrons. The summed E-state index contributed by atoms with van der Waals surface area (Å²) in [7, 11) is 1.62. The van der Waals surface area contributed by atoms with E-state index in [2.05, 4.69) is 16.5 Å². The highest BCUT2D eigenvalue weighted by atomic mass is 35.5. The van der Waals surface area contributed by atoms with Gasteiger partial charge in [0.15, 0.2) is 5.15 Å². The van der Waals surface area contributed by atoms with Crippen LogP contribution in [0.5, 0.6) is 5.75 Å². The Labute approximate surface area is 105 Å². The highest BCUT2D eigenvalue weighted by Gasteiger charge is 2.06. The lowest BCUT2D eigenvalue weighted by Crippen LogP contribution is -1.96. The number of rotatable bonds is 4. The van der Waals surface area contributed by atoms with E-state index in [0.29, 0.717) is 5.15 Å². The molecule has 2 aromatic rings. The average Bonchev–Trinajstić information content (AvgIpc) is 2.35. The molecule has 3 nitrogen and oxygen atoms in total. The number of halogens is 1. The first-order valence-electron chi connectivity index (χ1n) is 5.35. The van der Waals surface area contributed by atoms with Crippen molar-refractivity contribution in [3.8, 4) is 5.75 Å². The molecule has 0 aliphatic carbocycles. The lowest BCUT2D eigenvalue weighted by molar-refractivity contribution is 0.415. The molecule has 4 heteroatoms. The molecule has 0 atom stereocenters. The minimum Gasteiger partial charge on any atom is -0.497 e. The minimum absolute atomic E-state index is 0.451. The molecule has 2 rings (SSSR count). The zero-order valence-electron chi connectivity index (χ0n) is 9.61. The fourth-order valence-corrected chi connectivity index (χ4v) is 1.80. The van der Waals surface area contributed by atoms with Crippen LogP contribution < -0.4 is 4.74 Å². The number of aromatic nitrogens is 2. The van der Waals surface area contributed by atoms with Gasteiger partial charge in [0.2, 0.25) is 0 Å². The lowest BCUT2D eigenvalue weighted by atomic mass is 10.2. The van der Waals surface area contributed by atoms with E-state index < -0.39 is 0 Å². The number of fused-ring (bicyclic) bond motifs is 1. The van der Waals surface area contributed by atoms with Crippen molar-refractivity contribution in [2.24, 2.45) is 0 Å². The SMILES string of the molecule is C=CCCc1nc2ccc(OC)cc2nc1Cl. The predicted octanol–water partition coefficient (Wildman–Crippen LogP) is 3.41. The van der Waals surface area contributed by atoms with Crippen LogP contribution in [-0.4, -0.2) is 17.1 Å². The Hall–Kier alpha value is -1.61. The molecule has 0 bridgehead atoms. The second-order valence-electron chi connectivity index (χ2n) is 3.64. The summed E-state index contributed by atoms with van der Waals surface area (Å²) in [5.41, 5.74) is 2.38. The Kier molecular flexibility index (Phi) is 3.59. The molecule has 1 heterocycles. The molecule has 0 fully saturated rings. The van der Waals surface area contributed by atoms with Gasteiger partial charge < -0.3 is 4.74 Å². The smallest absolute Gasteiger partial charge is 0.151 e. The number of ether oxygens (including phenoxy) is 1. The summed E-state index contributed by atoms with van der Waals surface area (Å²) >= 11 is 6.09. The van der Waals surface area contributed by atoms with Gasteiger partial charge in [-0.05, 0) is 25.0 Å². The Morgan fingerprint density at radius 2 is 2.18 bits per heavy atom. The number of allylic oxidation sites excluding steroid dienone is 1. The Morgan fingerprint density at radius 3 is 2.88 bits per heavy atom. The van der Waals surface area contributed by atoms with Crippen LogP contribution in [0, 0.1) is 0 Å². The number of methoxy groups -OCH3 is 1. The van der Waals surface area contributed by atoms with Crippen LogP contribution in [0.3, 0.4) is 0 Å². The molecule has 0 amide bonds. The van der Waals surface area contributed by atoms with Crippen molar-refractivity contribution in [2.45, 2.75) is 12.8 Å². The van der Waals surface area contributed by atoms with Crippen LogP contribution in [0.1, 0.15) is 12.1 Å². The van der Waals surface area contributed by atoms with Gasteiger partial charge in [0, 0.05) is 6.07 Å². The van der Waals surface area contributed by atoms with E-state index in [1.807, 2.05) is 24.3 Å². The van der Waals surface area contributed by atoms with E-state index in [9.17, 15) is 0 Å². The third-order valence-electron chi connectivity index (χ3n) is 2.48. The van der Waals surface area contributed by atoms with Crippen molar-refractivity contribution in [1.82, 2.24) is 9.97 Å². The monoisotopic (exact) mass is 248 g/mol. The van der Waals surface area contributed by atoms with Crippen molar-refractivity contribution in [1.29, 1.82) is 0 Å². The molecule has 0 aliphatic rings. The summed E-state index contributed by atoms with van der Waals surface area (Å²) in [4.78, 5) is 8.82.